The maximum atomic E-state index is 6.28. The number of ether oxygens (including phenoxy) is 3. The molecule has 2 rings (SSSR count). The second-order valence-electron chi connectivity index (χ2n) is 4.58. The molecule has 5 heteroatoms. The molecule has 0 aliphatic carbocycles. The zero-order chi connectivity index (χ0) is 13.8. The first-order valence-electron chi connectivity index (χ1n) is 6.42. The fourth-order valence-electron chi connectivity index (χ4n) is 2.65. The molecular formula is C14H20ClNO3. The molecule has 1 aliphatic rings. The van der Waals surface area contributed by atoms with Crippen LogP contribution in [0.3, 0.4) is 0 Å². The van der Waals surface area contributed by atoms with Gasteiger partial charge >= 0.3 is 0 Å². The van der Waals surface area contributed by atoms with Crippen LogP contribution in [0.1, 0.15) is 24.3 Å². The summed E-state index contributed by atoms with van der Waals surface area (Å²) in [5.74, 6) is 2.38. The van der Waals surface area contributed by atoms with Gasteiger partial charge in [0.05, 0.1) is 26.4 Å². The van der Waals surface area contributed by atoms with Gasteiger partial charge < -0.3 is 19.5 Å². The van der Waals surface area contributed by atoms with E-state index in [-0.39, 0.29) is 0 Å². The standard InChI is InChI=1S/C14H20ClNO3/c1-17-11-7-10(15)13(18-2)12(14(11)19-3)9-5-4-6-16-8-9/h7,9,16H,4-6,8H2,1-3H3. The van der Waals surface area contributed by atoms with Gasteiger partial charge in [0, 0.05) is 24.1 Å². The predicted molar refractivity (Wildman–Crippen MR) is 76.0 cm³/mol. The normalized spacial score (nSPS) is 19.1. The second kappa shape index (κ2) is 6.35. The Morgan fingerprint density at radius 2 is 1.89 bits per heavy atom. The molecule has 106 valence electrons. The van der Waals surface area contributed by atoms with Crippen molar-refractivity contribution in [3.05, 3.63) is 16.7 Å². The van der Waals surface area contributed by atoms with Crippen molar-refractivity contribution >= 4 is 11.6 Å². The number of benzene rings is 1. The lowest BCUT2D eigenvalue weighted by atomic mass is 9.90. The Labute approximate surface area is 119 Å². The molecule has 0 bridgehead atoms. The molecule has 1 N–H and O–H groups in total. The molecule has 0 aromatic heterocycles. The van der Waals surface area contributed by atoms with Crippen molar-refractivity contribution in [2.45, 2.75) is 18.8 Å². The molecule has 0 radical (unpaired) electrons. The minimum absolute atomic E-state index is 0.325. The Hall–Kier alpha value is -1.13. The number of halogens is 1. The van der Waals surface area contributed by atoms with Gasteiger partial charge in [0.1, 0.15) is 5.75 Å². The third-order valence-corrected chi connectivity index (χ3v) is 3.80. The SMILES string of the molecule is COc1cc(Cl)c(OC)c(C2CCCNC2)c1OC. The van der Waals surface area contributed by atoms with Crippen LogP contribution in [0.25, 0.3) is 0 Å². The van der Waals surface area contributed by atoms with Crippen molar-refractivity contribution < 1.29 is 14.2 Å². The molecule has 0 saturated carbocycles. The number of methoxy groups -OCH3 is 3. The summed E-state index contributed by atoms with van der Waals surface area (Å²) in [5, 5.41) is 3.95. The van der Waals surface area contributed by atoms with Crippen LogP contribution in [0, 0.1) is 0 Å². The van der Waals surface area contributed by atoms with Crippen LogP contribution in [0.4, 0.5) is 0 Å². The van der Waals surface area contributed by atoms with Gasteiger partial charge in [-0.05, 0) is 19.4 Å². The van der Waals surface area contributed by atoms with E-state index in [0.29, 0.717) is 22.4 Å². The van der Waals surface area contributed by atoms with Crippen LogP contribution >= 0.6 is 11.6 Å². The molecule has 1 aromatic carbocycles. The van der Waals surface area contributed by atoms with Crippen molar-refractivity contribution in [2.75, 3.05) is 34.4 Å². The van der Waals surface area contributed by atoms with Crippen LogP contribution in [0.2, 0.25) is 5.02 Å². The number of rotatable bonds is 4. The van der Waals surface area contributed by atoms with Gasteiger partial charge in [0.15, 0.2) is 11.5 Å². The highest BCUT2D eigenvalue weighted by Crippen LogP contribution is 2.47. The molecule has 1 fully saturated rings. The Bertz CT molecular complexity index is 445. The zero-order valence-electron chi connectivity index (χ0n) is 11.6. The van der Waals surface area contributed by atoms with E-state index < -0.39 is 0 Å². The number of nitrogens with one attached hydrogen (secondary N) is 1. The zero-order valence-corrected chi connectivity index (χ0v) is 12.3. The fraction of sp³-hybridized carbons (Fsp3) is 0.571. The largest absolute Gasteiger partial charge is 0.495 e. The lowest BCUT2D eigenvalue weighted by Crippen LogP contribution is -2.29. The van der Waals surface area contributed by atoms with E-state index in [2.05, 4.69) is 5.32 Å². The lowest BCUT2D eigenvalue weighted by Gasteiger charge is -2.27. The first-order chi connectivity index (χ1) is 9.22. The first kappa shape index (κ1) is 14.3. The molecule has 0 spiro atoms. The Morgan fingerprint density at radius 3 is 2.42 bits per heavy atom. The minimum atomic E-state index is 0.325. The van der Waals surface area contributed by atoms with Crippen molar-refractivity contribution in [2.24, 2.45) is 0 Å². The van der Waals surface area contributed by atoms with Gasteiger partial charge in [-0.3, -0.25) is 0 Å². The van der Waals surface area contributed by atoms with Crippen LogP contribution in [0.15, 0.2) is 6.07 Å². The van der Waals surface area contributed by atoms with Gasteiger partial charge in [0.2, 0.25) is 0 Å². The van der Waals surface area contributed by atoms with E-state index >= 15 is 0 Å². The summed E-state index contributed by atoms with van der Waals surface area (Å²) in [6, 6.07) is 1.74. The summed E-state index contributed by atoms with van der Waals surface area (Å²) < 4.78 is 16.4. The van der Waals surface area contributed by atoms with Crippen molar-refractivity contribution in [1.82, 2.24) is 5.32 Å². The van der Waals surface area contributed by atoms with Crippen molar-refractivity contribution in [3.63, 3.8) is 0 Å². The molecule has 1 atom stereocenters. The molecule has 0 amide bonds. The summed E-state index contributed by atoms with van der Waals surface area (Å²) in [6.07, 6.45) is 2.22. The highest BCUT2D eigenvalue weighted by Gasteiger charge is 2.27. The average molecular weight is 286 g/mol. The van der Waals surface area contributed by atoms with Crippen LogP contribution in [0.5, 0.6) is 17.2 Å². The van der Waals surface area contributed by atoms with E-state index in [1.54, 1.807) is 27.4 Å². The summed E-state index contributed by atoms with van der Waals surface area (Å²) in [5.41, 5.74) is 1.00. The van der Waals surface area contributed by atoms with Gasteiger partial charge in [-0.15, -0.1) is 0 Å². The van der Waals surface area contributed by atoms with Gasteiger partial charge in [0.25, 0.3) is 0 Å². The molecule has 1 unspecified atom stereocenters. The number of piperidine rings is 1. The second-order valence-corrected chi connectivity index (χ2v) is 4.99. The van der Waals surface area contributed by atoms with E-state index in [0.717, 1.165) is 37.2 Å². The Balaban J connectivity index is 2.55. The summed E-state index contributed by atoms with van der Waals surface area (Å²) in [4.78, 5) is 0. The first-order valence-corrected chi connectivity index (χ1v) is 6.79. The van der Waals surface area contributed by atoms with Crippen molar-refractivity contribution in [3.8, 4) is 17.2 Å². The molecule has 1 aliphatic heterocycles. The van der Waals surface area contributed by atoms with Gasteiger partial charge in [-0.2, -0.15) is 0 Å². The number of hydrogen-bond acceptors (Lipinski definition) is 4. The Morgan fingerprint density at radius 1 is 1.16 bits per heavy atom. The summed E-state index contributed by atoms with van der Waals surface area (Å²) in [6.45, 7) is 1.95. The lowest BCUT2D eigenvalue weighted by molar-refractivity contribution is 0.333. The van der Waals surface area contributed by atoms with Gasteiger partial charge in [-0.1, -0.05) is 11.6 Å². The van der Waals surface area contributed by atoms with Gasteiger partial charge in [-0.25, -0.2) is 0 Å². The van der Waals surface area contributed by atoms with E-state index in [1.165, 1.54) is 0 Å². The third kappa shape index (κ3) is 2.74. The quantitative estimate of drug-likeness (QED) is 0.923. The fourth-order valence-corrected chi connectivity index (χ4v) is 2.93. The van der Waals surface area contributed by atoms with Crippen molar-refractivity contribution in [1.29, 1.82) is 0 Å². The van der Waals surface area contributed by atoms with E-state index in [1.807, 2.05) is 0 Å². The smallest absolute Gasteiger partial charge is 0.168 e. The highest BCUT2D eigenvalue weighted by molar-refractivity contribution is 6.32. The molecule has 19 heavy (non-hydrogen) atoms. The maximum Gasteiger partial charge on any atom is 0.168 e. The molecule has 1 heterocycles. The molecule has 4 nitrogen and oxygen atoms in total. The minimum Gasteiger partial charge on any atom is -0.495 e. The monoisotopic (exact) mass is 285 g/mol. The number of hydrogen-bond donors (Lipinski definition) is 1. The highest BCUT2D eigenvalue weighted by atomic mass is 35.5. The topological polar surface area (TPSA) is 39.7 Å². The van der Waals surface area contributed by atoms with E-state index in [9.17, 15) is 0 Å². The van der Waals surface area contributed by atoms with Crippen LogP contribution < -0.4 is 19.5 Å². The van der Waals surface area contributed by atoms with Crippen LogP contribution in [-0.2, 0) is 0 Å². The predicted octanol–water partition coefficient (Wildman–Crippen LogP) is 2.83. The third-order valence-electron chi connectivity index (χ3n) is 3.52. The average Bonchev–Trinajstić information content (AvgIpc) is 2.46. The Kier molecular flexibility index (Phi) is 4.77. The molecule has 1 saturated heterocycles. The maximum absolute atomic E-state index is 6.28. The molecular weight excluding hydrogens is 266 g/mol. The van der Waals surface area contributed by atoms with Crippen LogP contribution in [-0.4, -0.2) is 34.4 Å². The summed E-state index contributed by atoms with van der Waals surface area (Å²) >= 11 is 6.28. The molecule has 1 aromatic rings. The summed E-state index contributed by atoms with van der Waals surface area (Å²) in [7, 11) is 4.89. The van der Waals surface area contributed by atoms with E-state index in [4.69, 9.17) is 25.8 Å².